The maximum Gasteiger partial charge on any atom is 0.173 e. The Hall–Kier alpha value is -1.80. The van der Waals surface area contributed by atoms with Crippen LogP contribution in [0.2, 0.25) is 0 Å². The molecule has 2 saturated heterocycles. The lowest BCUT2D eigenvalue weighted by atomic mass is 9.54. The highest BCUT2D eigenvalue weighted by Crippen LogP contribution is 2.63. The molecule has 0 radical (unpaired) electrons. The summed E-state index contributed by atoms with van der Waals surface area (Å²) in [4.78, 5) is 11.5. The van der Waals surface area contributed by atoms with Crippen LogP contribution in [0.15, 0.2) is 60.7 Å². The van der Waals surface area contributed by atoms with Gasteiger partial charge in [0.05, 0.1) is 14.2 Å². The second kappa shape index (κ2) is 6.87. The number of fused-ring (bicyclic) bond motifs is 2. The molecule has 0 amide bonds. The summed E-state index contributed by atoms with van der Waals surface area (Å²) in [6.45, 7) is 4.69. The third-order valence-electron chi connectivity index (χ3n) is 6.96. The van der Waals surface area contributed by atoms with Gasteiger partial charge in [-0.3, -0.25) is 9.68 Å². The molecular formula is C23H30N2O4. The van der Waals surface area contributed by atoms with Gasteiger partial charge in [-0.05, 0) is 6.42 Å². The van der Waals surface area contributed by atoms with E-state index in [1.165, 1.54) is 0 Å². The topological polar surface area (TPSA) is 65.4 Å². The Labute approximate surface area is 172 Å². The minimum atomic E-state index is -1.38. The van der Waals surface area contributed by atoms with Gasteiger partial charge >= 0.3 is 0 Å². The SMILES string of the molecule is CON1C[C@@]2(C)CC(C)(CN(OC)[C@]2(O)c2ccccc2)C1(O)c1ccccc1. The van der Waals surface area contributed by atoms with E-state index < -0.39 is 22.3 Å². The van der Waals surface area contributed by atoms with Crippen molar-refractivity contribution in [2.45, 2.75) is 31.7 Å². The monoisotopic (exact) mass is 398 g/mol. The molecule has 2 N–H and O–H groups in total. The van der Waals surface area contributed by atoms with Crippen LogP contribution >= 0.6 is 0 Å². The number of piperidine rings is 2. The summed E-state index contributed by atoms with van der Waals surface area (Å²) in [7, 11) is 3.13. The summed E-state index contributed by atoms with van der Waals surface area (Å²) >= 11 is 0. The van der Waals surface area contributed by atoms with Crippen LogP contribution in [-0.4, -0.2) is 47.6 Å². The Balaban J connectivity index is 1.89. The molecule has 0 spiro atoms. The minimum absolute atomic E-state index is 0.315. The summed E-state index contributed by atoms with van der Waals surface area (Å²) in [6, 6.07) is 19.1. The molecule has 2 aliphatic heterocycles. The fourth-order valence-electron chi connectivity index (χ4n) is 5.62. The zero-order chi connectivity index (χ0) is 20.9. The second-order valence-corrected chi connectivity index (χ2v) is 8.81. The highest BCUT2D eigenvalue weighted by molar-refractivity contribution is 5.32. The Morgan fingerprint density at radius 3 is 1.34 bits per heavy atom. The molecule has 4 atom stereocenters. The van der Waals surface area contributed by atoms with Crippen LogP contribution in [0.3, 0.4) is 0 Å². The van der Waals surface area contributed by atoms with Crippen molar-refractivity contribution < 1.29 is 19.9 Å². The fraction of sp³-hybridized carbons (Fsp3) is 0.478. The number of nitrogens with zero attached hydrogens (tertiary/aromatic N) is 2. The van der Waals surface area contributed by atoms with Crippen LogP contribution in [0.1, 0.15) is 31.4 Å². The molecule has 6 nitrogen and oxygen atoms in total. The fourth-order valence-corrected chi connectivity index (χ4v) is 5.62. The molecule has 0 aliphatic carbocycles. The number of benzene rings is 2. The van der Waals surface area contributed by atoms with Gasteiger partial charge in [0.15, 0.2) is 11.4 Å². The first-order valence-corrected chi connectivity index (χ1v) is 9.94. The highest BCUT2D eigenvalue weighted by Gasteiger charge is 2.71. The van der Waals surface area contributed by atoms with Crippen molar-refractivity contribution in [2.24, 2.45) is 10.8 Å². The Morgan fingerprint density at radius 1 is 0.690 bits per heavy atom. The standard InChI is InChI=1S/C23H30N2O4/c1-20-15-21(2,17-25(29-4)22(20,26)18-11-7-5-8-12-18)23(27,24(16-20)28-3)19-13-9-6-10-14-19/h5-14,26-27H,15-17H2,1-4H3/t20-,21?,22+,23?/m1/s1. The van der Waals surface area contributed by atoms with Crippen molar-refractivity contribution >= 4 is 0 Å². The zero-order valence-corrected chi connectivity index (χ0v) is 17.5. The maximum absolute atomic E-state index is 12.1. The quantitative estimate of drug-likeness (QED) is 0.826. The van der Waals surface area contributed by atoms with Crippen molar-refractivity contribution in [2.75, 3.05) is 27.3 Å². The molecule has 2 fully saturated rings. The molecule has 2 aliphatic rings. The largest absolute Gasteiger partial charge is 0.369 e. The highest BCUT2D eigenvalue weighted by atomic mass is 16.7. The number of hydrogen-bond donors (Lipinski definition) is 2. The molecule has 0 aromatic heterocycles. The lowest BCUT2D eigenvalue weighted by Crippen LogP contribution is -2.76. The molecule has 2 heterocycles. The number of hydroxylamine groups is 4. The van der Waals surface area contributed by atoms with Crippen molar-refractivity contribution in [3.63, 3.8) is 0 Å². The number of hydrogen-bond acceptors (Lipinski definition) is 6. The molecule has 156 valence electrons. The van der Waals surface area contributed by atoms with Gasteiger partial charge in [0.2, 0.25) is 0 Å². The molecular weight excluding hydrogens is 368 g/mol. The average Bonchev–Trinajstić information content (AvgIpc) is 2.74. The Kier molecular flexibility index (Phi) is 4.85. The predicted octanol–water partition coefficient (Wildman–Crippen LogP) is 2.83. The van der Waals surface area contributed by atoms with Gasteiger partial charge in [-0.1, -0.05) is 74.5 Å². The molecule has 2 aromatic carbocycles. The van der Waals surface area contributed by atoms with E-state index in [2.05, 4.69) is 0 Å². The first-order chi connectivity index (χ1) is 13.7. The van der Waals surface area contributed by atoms with E-state index in [0.29, 0.717) is 19.5 Å². The lowest BCUT2D eigenvalue weighted by Gasteiger charge is -2.67. The van der Waals surface area contributed by atoms with E-state index in [-0.39, 0.29) is 0 Å². The smallest absolute Gasteiger partial charge is 0.173 e. The molecule has 0 saturated carbocycles. The van der Waals surface area contributed by atoms with Crippen LogP contribution in [0.4, 0.5) is 0 Å². The Morgan fingerprint density at radius 2 is 1.03 bits per heavy atom. The summed E-state index contributed by atoms with van der Waals surface area (Å²) in [5.74, 6) is 0. The lowest BCUT2D eigenvalue weighted by molar-refractivity contribution is -0.448. The summed E-state index contributed by atoms with van der Waals surface area (Å²) in [5, 5.41) is 27.4. The second-order valence-electron chi connectivity index (χ2n) is 8.81. The predicted molar refractivity (Wildman–Crippen MR) is 109 cm³/mol. The van der Waals surface area contributed by atoms with Gasteiger partial charge in [0, 0.05) is 35.0 Å². The van der Waals surface area contributed by atoms with Crippen LogP contribution in [0.5, 0.6) is 0 Å². The van der Waals surface area contributed by atoms with Gasteiger partial charge in [0.1, 0.15) is 0 Å². The van der Waals surface area contributed by atoms with Crippen molar-refractivity contribution in [3.05, 3.63) is 71.8 Å². The van der Waals surface area contributed by atoms with Gasteiger partial charge in [-0.2, -0.15) is 10.1 Å². The van der Waals surface area contributed by atoms with E-state index in [4.69, 9.17) is 9.68 Å². The van der Waals surface area contributed by atoms with E-state index in [1.807, 2.05) is 74.5 Å². The number of rotatable bonds is 4. The summed E-state index contributed by atoms with van der Waals surface area (Å²) in [5.41, 5.74) is -2.59. The molecule has 2 unspecified atom stereocenters. The molecule has 29 heavy (non-hydrogen) atoms. The van der Waals surface area contributed by atoms with E-state index in [0.717, 1.165) is 11.1 Å². The van der Waals surface area contributed by atoms with Crippen LogP contribution in [-0.2, 0) is 21.1 Å². The Bertz CT molecular complexity index is 794. The average molecular weight is 399 g/mol. The van der Waals surface area contributed by atoms with Crippen molar-refractivity contribution in [3.8, 4) is 0 Å². The van der Waals surface area contributed by atoms with Gasteiger partial charge < -0.3 is 10.2 Å². The zero-order valence-electron chi connectivity index (χ0n) is 17.5. The van der Waals surface area contributed by atoms with Gasteiger partial charge in [0.25, 0.3) is 0 Å². The third-order valence-corrected chi connectivity index (χ3v) is 6.96. The van der Waals surface area contributed by atoms with E-state index in [9.17, 15) is 10.2 Å². The van der Waals surface area contributed by atoms with Crippen LogP contribution in [0, 0.1) is 10.8 Å². The molecule has 2 bridgehead atoms. The first kappa shape index (κ1) is 20.5. The van der Waals surface area contributed by atoms with Crippen LogP contribution < -0.4 is 0 Å². The third kappa shape index (κ3) is 2.64. The minimum Gasteiger partial charge on any atom is -0.369 e. The normalized spacial score (nSPS) is 38.1. The van der Waals surface area contributed by atoms with Crippen molar-refractivity contribution in [1.82, 2.24) is 10.1 Å². The van der Waals surface area contributed by atoms with E-state index >= 15 is 0 Å². The molecule has 4 rings (SSSR count). The summed E-state index contributed by atoms with van der Waals surface area (Å²) in [6.07, 6.45) is 0.580. The summed E-state index contributed by atoms with van der Waals surface area (Å²) < 4.78 is 0. The molecule has 2 aromatic rings. The first-order valence-electron chi connectivity index (χ1n) is 9.94. The van der Waals surface area contributed by atoms with E-state index in [1.54, 1.807) is 24.3 Å². The van der Waals surface area contributed by atoms with Crippen molar-refractivity contribution in [1.29, 1.82) is 0 Å². The molecule has 6 heteroatoms. The van der Waals surface area contributed by atoms with Crippen LogP contribution in [0.25, 0.3) is 0 Å². The van der Waals surface area contributed by atoms with Gasteiger partial charge in [-0.15, -0.1) is 0 Å². The maximum atomic E-state index is 12.1. The van der Waals surface area contributed by atoms with Gasteiger partial charge in [-0.25, -0.2) is 0 Å². The number of aliphatic hydroxyl groups is 2.